The van der Waals surface area contributed by atoms with Crippen molar-refractivity contribution < 1.29 is 19.4 Å². The Morgan fingerprint density at radius 3 is 2.55 bits per heavy atom. The van der Waals surface area contributed by atoms with Crippen molar-refractivity contribution in [2.45, 2.75) is 30.4 Å². The van der Waals surface area contributed by atoms with Gasteiger partial charge in [0.25, 0.3) is 0 Å². The Bertz CT molecular complexity index is 465. The molecule has 0 bridgehead atoms. The van der Waals surface area contributed by atoms with Crippen LogP contribution in [0.25, 0.3) is 0 Å². The van der Waals surface area contributed by atoms with Gasteiger partial charge in [-0.05, 0) is 24.0 Å². The Morgan fingerprint density at radius 1 is 1.45 bits per heavy atom. The van der Waals surface area contributed by atoms with Crippen LogP contribution in [0.3, 0.4) is 0 Å². The van der Waals surface area contributed by atoms with Crippen molar-refractivity contribution >= 4 is 17.7 Å². The molecular formula is C14H19NO4S. The van der Waals surface area contributed by atoms with Crippen molar-refractivity contribution in [1.82, 2.24) is 4.90 Å². The van der Waals surface area contributed by atoms with Crippen LogP contribution in [0.4, 0.5) is 0 Å². The quantitative estimate of drug-likeness (QED) is 0.856. The Morgan fingerprint density at radius 2 is 2.10 bits per heavy atom. The van der Waals surface area contributed by atoms with Crippen molar-refractivity contribution in [2.75, 3.05) is 20.0 Å². The van der Waals surface area contributed by atoms with Gasteiger partial charge in [0.1, 0.15) is 6.10 Å². The molecule has 1 heterocycles. The molecule has 0 radical (unpaired) electrons. The van der Waals surface area contributed by atoms with Gasteiger partial charge >= 0.3 is 0 Å². The van der Waals surface area contributed by atoms with E-state index in [1.807, 2.05) is 30.5 Å². The summed E-state index contributed by atoms with van der Waals surface area (Å²) in [5.74, 6) is -0.181. The number of carbonyl (C=O) groups excluding carboxylic acids is 1. The largest absolute Gasteiger partial charge is 0.394 e. The zero-order chi connectivity index (χ0) is 14.7. The summed E-state index contributed by atoms with van der Waals surface area (Å²) in [7, 11) is 1.48. The number of thioether (sulfide) groups is 1. The lowest BCUT2D eigenvalue weighted by molar-refractivity contribution is -0.182. The van der Waals surface area contributed by atoms with E-state index in [4.69, 9.17) is 9.47 Å². The lowest BCUT2D eigenvalue weighted by Gasteiger charge is -2.25. The SMILES string of the molecule is COC1OC(c2ccc(SC)cc2)C(CO)N1C(C)=O. The minimum Gasteiger partial charge on any atom is -0.394 e. The third-order valence-corrected chi connectivity index (χ3v) is 4.14. The van der Waals surface area contributed by atoms with Crippen LogP contribution in [0.2, 0.25) is 0 Å². The van der Waals surface area contributed by atoms with Gasteiger partial charge in [-0.1, -0.05) is 12.1 Å². The first kappa shape index (κ1) is 15.3. The van der Waals surface area contributed by atoms with Gasteiger partial charge < -0.3 is 14.6 Å². The summed E-state index contributed by atoms with van der Waals surface area (Å²) in [5.41, 5.74) is 0.924. The van der Waals surface area contributed by atoms with Gasteiger partial charge in [0.2, 0.25) is 12.3 Å². The lowest BCUT2D eigenvalue weighted by Crippen LogP contribution is -2.43. The first-order chi connectivity index (χ1) is 9.62. The molecule has 1 aromatic rings. The number of aliphatic hydroxyl groups excluding tert-OH is 1. The van der Waals surface area contributed by atoms with Crippen molar-refractivity contribution in [2.24, 2.45) is 0 Å². The predicted octanol–water partition coefficient (Wildman–Crippen LogP) is 1.62. The summed E-state index contributed by atoms with van der Waals surface area (Å²) >= 11 is 1.66. The summed E-state index contributed by atoms with van der Waals surface area (Å²) in [6, 6.07) is 7.47. The van der Waals surface area contributed by atoms with Crippen LogP contribution in [-0.4, -0.2) is 48.3 Å². The van der Waals surface area contributed by atoms with Gasteiger partial charge in [0.05, 0.1) is 12.6 Å². The van der Waals surface area contributed by atoms with Crippen LogP contribution in [0, 0.1) is 0 Å². The molecule has 1 amide bonds. The second kappa shape index (κ2) is 6.58. The van der Waals surface area contributed by atoms with Gasteiger partial charge in [-0.15, -0.1) is 11.8 Å². The number of benzene rings is 1. The minimum atomic E-state index is -0.755. The number of ether oxygens (including phenoxy) is 2. The summed E-state index contributed by atoms with van der Waals surface area (Å²) < 4.78 is 10.9. The van der Waals surface area contributed by atoms with Gasteiger partial charge in [0, 0.05) is 18.9 Å². The van der Waals surface area contributed by atoms with Crippen LogP contribution >= 0.6 is 11.8 Å². The molecule has 1 aromatic carbocycles. The molecule has 2 rings (SSSR count). The van der Waals surface area contributed by atoms with Crippen molar-refractivity contribution in [3.63, 3.8) is 0 Å². The molecular weight excluding hydrogens is 278 g/mol. The van der Waals surface area contributed by atoms with E-state index in [1.54, 1.807) is 11.8 Å². The van der Waals surface area contributed by atoms with Gasteiger partial charge in [0.15, 0.2) is 0 Å². The van der Waals surface area contributed by atoms with Crippen molar-refractivity contribution in [3.8, 4) is 0 Å². The maximum absolute atomic E-state index is 11.7. The summed E-state index contributed by atoms with van der Waals surface area (Å²) in [6.45, 7) is 1.27. The number of amides is 1. The normalized spacial score (nSPS) is 26.0. The van der Waals surface area contributed by atoms with Gasteiger partial charge in [-0.25, -0.2) is 0 Å². The average Bonchev–Trinajstić information content (AvgIpc) is 2.86. The van der Waals surface area contributed by atoms with Crippen LogP contribution in [0.1, 0.15) is 18.6 Å². The molecule has 3 unspecified atom stereocenters. The fraction of sp³-hybridized carbons (Fsp3) is 0.500. The number of rotatable bonds is 4. The van der Waals surface area contributed by atoms with Crippen LogP contribution in [-0.2, 0) is 14.3 Å². The molecule has 0 saturated carbocycles. The first-order valence-corrected chi connectivity index (χ1v) is 7.56. The Kier molecular flexibility index (Phi) is 5.04. The number of carbonyl (C=O) groups is 1. The summed E-state index contributed by atoms with van der Waals surface area (Å²) in [6.07, 6.45) is 0.871. The molecule has 5 nitrogen and oxygen atoms in total. The maximum Gasteiger partial charge on any atom is 0.243 e. The van der Waals surface area contributed by atoms with Gasteiger partial charge in [-0.3, -0.25) is 9.69 Å². The van der Waals surface area contributed by atoms with E-state index < -0.39 is 12.5 Å². The molecule has 6 heteroatoms. The van der Waals surface area contributed by atoms with E-state index >= 15 is 0 Å². The number of nitrogens with zero attached hydrogens (tertiary/aromatic N) is 1. The smallest absolute Gasteiger partial charge is 0.243 e. The standard InChI is InChI=1S/C14H19NO4S/c1-9(17)15-12(8-16)13(19-14(15)18-2)10-4-6-11(20-3)7-5-10/h4-7,12-14,16H,8H2,1-3H3. The number of aliphatic hydroxyl groups is 1. The fourth-order valence-electron chi connectivity index (χ4n) is 2.41. The molecule has 1 aliphatic heterocycles. The lowest BCUT2D eigenvalue weighted by atomic mass is 10.0. The minimum absolute atomic E-state index is 0.172. The highest BCUT2D eigenvalue weighted by molar-refractivity contribution is 7.98. The molecule has 0 aliphatic carbocycles. The molecule has 1 aliphatic rings. The monoisotopic (exact) mass is 297 g/mol. The van der Waals surface area contributed by atoms with E-state index in [0.717, 1.165) is 10.5 Å². The molecule has 0 aromatic heterocycles. The number of hydrogen-bond acceptors (Lipinski definition) is 5. The predicted molar refractivity (Wildman–Crippen MR) is 76.2 cm³/mol. The van der Waals surface area contributed by atoms with Crippen LogP contribution < -0.4 is 0 Å². The van der Waals surface area contributed by atoms with E-state index in [-0.39, 0.29) is 18.6 Å². The van der Waals surface area contributed by atoms with Crippen molar-refractivity contribution in [3.05, 3.63) is 29.8 Å². The van der Waals surface area contributed by atoms with E-state index in [2.05, 4.69) is 0 Å². The average molecular weight is 297 g/mol. The van der Waals surface area contributed by atoms with Crippen LogP contribution in [0.15, 0.2) is 29.2 Å². The molecule has 20 heavy (non-hydrogen) atoms. The third-order valence-electron chi connectivity index (χ3n) is 3.39. The third kappa shape index (κ3) is 2.83. The summed E-state index contributed by atoms with van der Waals surface area (Å²) in [4.78, 5) is 14.3. The van der Waals surface area contributed by atoms with E-state index in [1.165, 1.54) is 18.9 Å². The van der Waals surface area contributed by atoms with Crippen LogP contribution in [0.5, 0.6) is 0 Å². The molecule has 0 spiro atoms. The molecule has 1 saturated heterocycles. The highest BCUT2D eigenvalue weighted by atomic mass is 32.2. The number of hydrogen-bond donors (Lipinski definition) is 1. The fourth-order valence-corrected chi connectivity index (χ4v) is 2.82. The van der Waals surface area contributed by atoms with Gasteiger partial charge in [-0.2, -0.15) is 0 Å². The molecule has 3 atom stereocenters. The maximum atomic E-state index is 11.7. The Hall–Kier alpha value is -1.08. The second-order valence-electron chi connectivity index (χ2n) is 4.55. The highest BCUT2D eigenvalue weighted by Gasteiger charge is 2.44. The second-order valence-corrected chi connectivity index (χ2v) is 5.43. The Balaban J connectivity index is 2.28. The zero-order valence-electron chi connectivity index (χ0n) is 11.8. The van der Waals surface area contributed by atoms with E-state index in [0.29, 0.717) is 0 Å². The van der Waals surface area contributed by atoms with E-state index in [9.17, 15) is 9.90 Å². The first-order valence-electron chi connectivity index (χ1n) is 6.34. The summed E-state index contributed by atoms with van der Waals surface area (Å²) in [5, 5.41) is 9.60. The zero-order valence-corrected chi connectivity index (χ0v) is 12.6. The molecule has 1 fully saturated rings. The topological polar surface area (TPSA) is 59.0 Å². The highest BCUT2D eigenvalue weighted by Crippen LogP contribution is 2.35. The molecule has 1 N–H and O–H groups in total. The van der Waals surface area contributed by atoms with Crippen molar-refractivity contribution in [1.29, 1.82) is 0 Å². The Labute approximate surface area is 122 Å². The molecule has 110 valence electrons. The number of methoxy groups -OCH3 is 1.